The predicted octanol–water partition coefficient (Wildman–Crippen LogP) is 2.83. The maximum atomic E-state index is 12.2. The van der Waals surface area contributed by atoms with Gasteiger partial charge in [-0.3, -0.25) is 9.78 Å². The molecular formula is C14H9N3OS. The number of ketones is 1. The summed E-state index contributed by atoms with van der Waals surface area (Å²) in [6, 6.07) is 13.0. The number of aromatic nitrogens is 3. The molecule has 0 saturated carbocycles. The molecule has 0 aliphatic carbocycles. The van der Waals surface area contributed by atoms with Gasteiger partial charge in [0.1, 0.15) is 0 Å². The van der Waals surface area contributed by atoms with Crippen LogP contribution in [0.15, 0.2) is 54.9 Å². The summed E-state index contributed by atoms with van der Waals surface area (Å²) in [6.07, 6.45) is 3.16. The predicted molar refractivity (Wildman–Crippen MR) is 73.0 cm³/mol. The molecule has 1 aromatic carbocycles. The van der Waals surface area contributed by atoms with Crippen molar-refractivity contribution in [2.45, 2.75) is 0 Å². The molecule has 19 heavy (non-hydrogen) atoms. The van der Waals surface area contributed by atoms with Gasteiger partial charge < -0.3 is 0 Å². The summed E-state index contributed by atoms with van der Waals surface area (Å²) in [5.74, 6) is 0.436. The van der Waals surface area contributed by atoms with Crippen molar-refractivity contribution in [1.29, 1.82) is 0 Å². The van der Waals surface area contributed by atoms with Gasteiger partial charge in [-0.15, -0.1) is 0 Å². The topological polar surface area (TPSA) is 55.7 Å². The fourth-order valence-electron chi connectivity index (χ4n) is 1.64. The van der Waals surface area contributed by atoms with Gasteiger partial charge in [0.15, 0.2) is 10.8 Å². The summed E-state index contributed by atoms with van der Waals surface area (Å²) >= 11 is 1.11. The molecule has 0 amide bonds. The molecule has 2 aromatic heterocycles. The van der Waals surface area contributed by atoms with Crippen molar-refractivity contribution in [3.63, 3.8) is 0 Å². The zero-order valence-corrected chi connectivity index (χ0v) is 10.7. The summed E-state index contributed by atoms with van der Waals surface area (Å²) in [6.45, 7) is 0. The van der Waals surface area contributed by atoms with Crippen LogP contribution in [0.25, 0.3) is 11.4 Å². The van der Waals surface area contributed by atoms with Crippen molar-refractivity contribution >= 4 is 17.3 Å². The molecule has 0 N–H and O–H groups in total. The Kier molecular flexibility index (Phi) is 3.12. The highest BCUT2D eigenvalue weighted by molar-refractivity contribution is 7.08. The highest BCUT2D eigenvalue weighted by Gasteiger charge is 2.15. The molecule has 0 fully saturated rings. The minimum absolute atomic E-state index is 0.146. The van der Waals surface area contributed by atoms with E-state index in [-0.39, 0.29) is 5.78 Å². The molecule has 0 spiro atoms. The fourth-order valence-corrected chi connectivity index (χ4v) is 2.29. The van der Waals surface area contributed by atoms with Gasteiger partial charge in [-0.05, 0) is 23.7 Å². The highest BCUT2D eigenvalue weighted by atomic mass is 32.1. The number of benzene rings is 1. The third-order valence-corrected chi connectivity index (χ3v) is 3.29. The lowest BCUT2D eigenvalue weighted by Gasteiger charge is -1.94. The first-order chi connectivity index (χ1) is 9.34. The lowest BCUT2D eigenvalue weighted by atomic mass is 10.2. The van der Waals surface area contributed by atoms with Gasteiger partial charge in [-0.2, -0.15) is 4.37 Å². The van der Waals surface area contributed by atoms with Crippen molar-refractivity contribution < 1.29 is 4.79 Å². The largest absolute Gasteiger partial charge is 0.286 e. The van der Waals surface area contributed by atoms with E-state index < -0.39 is 0 Å². The van der Waals surface area contributed by atoms with Crippen LogP contribution in [0.1, 0.15) is 15.4 Å². The Hall–Kier alpha value is -2.40. The lowest BCUT2D eigenvalue weighted by Crippen LogP contribution is -2.00. The summed E-state index contributed by atoms with van der Waals surface area (Å²) < 4.78 is 4.22. The molecule has 3 aromatic rings. The normalized spacial score (nSPS) is 10.3. The Morgan fingerprint density at radius 1 is 1.05 bits per heavy atom. The van der Waals surface area contributed by atoms with E-state index in [1.165, 1.54) is 6.20 Å². The van der Waals surface area contributed by atoms with Crippen molar-refractivity contribution in [2.75, 3.05) is 0 Å². The van der Waals surface area contributed by atoms with E-state index in [0.717, 1.165) is 17.1 Å². The fraction of sp³-hybridized carbons (Fsp3) is 0. The first kappa shape index (κ1) is 11.7. The van der Waals surface area contributed by atoms with Gasteiger partial charge in [0.25, 0.3) is 0 Å². The van der Waals surface area contributed by atoms with Crippen LogP contribution in [0.4, 0.5) is 0 Å². The number of pyridine rings is 1. The van der Waals surface area contributed by atoms with Crippen LogP contribution < -0.4 is 0 Å². The van der Waals surface area contributed by atoms with Gasteiger partial charge in [-0.25, -0.2) is 4.98 Å². The van der Waals surface area contributed by atoms with Crippen molar-refractivity contribution in [2.24, 2.45) is 0 Å². The van der Waals surface area contributed by atoms with Gasteiger partial charge in [0, 0.05) is 23.5 Å². The second kappa shape index (κ2) is 5.07. The van der Waals surface area contributed by atoms with Crippen LogP contribution >= 0.6 is 11.5 Å². The third-order valence-electron chi connectivity index (χ3n) is 2.58. The van der Waals surface area contributed by atoms with E-state index >= 15 is 0 Å². The summed E-state index contributed by atoms with van der Waals surface area (Å²) in [5, 5.41) is 0.381. The first-order valence-electron chi connectivity index (χ1n) is 5.68. The average Bonchev–Trinajstić information content (AvgIpc) is 2.98. The number of nitrogens with zero attached hydrogens (tertiary/aromatic N) is 3. The van der Waals surface area contributed by atoms with Gasteiger partial charge in [0.2, 0.25) is 5.78 Å². The lowest BCUT2D eigenvalue weighted by molar-refractivity contribution is 0.103. The standard InChI is InChI=1S/C14H9N3OS/c18-12(11-7-4-8-15-9-11)14-16-13(17-19-14)10-5-2-1-3-6-10/h1-9H. The summed E-state index contributed by atoms with van der Waals surface area (Å²) in [4.78, 5) is 20.4. The van der Waals surface area contributed by atoms with E-state index in [0.29, 0.717) is 16.4 Å². The van der Waals surface area contributed by atoms with Crippen LogP contribution in [-0.4, -0.2) is 20.1 Å². The first-order valence-corrected chi connectivity index (χ1v) is 6.46. The molecule has 4 nitrogen and oxygen atoms in total. The second-order valence-electron chi connectivity index (χ2n) is 3.86. The van der Waals surface area contributed by atoms with Crippen LogP contribution in [0.5, 0.6) is 0 Å². The Bertz CT molecular complexity index is 695. The maximum Gasteiger partial charge on any atom is 0.224 e. The quantitative estimate of drug-likeness (QED) is 0.685. The van der Waals surface area contributed by atoms with E-state index in [4.69, 9.17) is 0 Å². The summed E-state index contributed by atoms with van der Waals surface area (Å²) in [7, 11) is 0. The molecule has 2 heterocycles. The number of rotatable bonds is 3. The van der Waals surface area contributed by atoms with Crippen LogP contribution in [-0.2, 0) is 0 Å². The zero-order chi connectivity index (χ0) is 13.1. The second-order valence-corrected chi connectivity index (χ2v) is 4.61. The van der Waals surface area contributed by atoms with Gasteiger partial charge in [-0.1, -0.05) is 30.3 Å². The van der Waals surface area contributed by atoms with E-state index in [2.05, 4.69) is 14.3 Å². The molecule has 0 bridgehead atoms. The van der Waals surface area contributed by atoms with E-state index in [9.17, 15) is 4.79 Å². The third kappa shape index (κ3) is 2.41. The molecule has 0 radical (unpaired) electrons. The van der Waals surface area contributed by atoms with E-state index in [1.807, 2.05) is 30.3 Å². The minimum atomic E-state index is -0.146. The number of carbonyl (C=O) groups excluding carboxylic acids is 1. The SMILES string of the molecule is O=C(c1cccnc1)c1nc(-c2ccccc2)ns1. The van der Waals surface area contributed by atoms with Crippen molar-refractivity contribution in [3.05, 3.63) is 65.4 Å². The maximum absolute atomic E-state index is 12.2. The molecule has 0 atom stereocenters. The molecule has 3 rings (SSSR count). The molecular weight excluding hydrogens is 258 g/mol. The van der Waals surface area contributed by atoms with Gasteiger partial charge >= 0.3 is 0 Å². The average molecular weight is 267 g/mol. The molecule has 0 aliphatic heterocycles. The zero-order valence-electron chi connectivity index (χ0n) is 9.85. The smallest absolute Gasteiger partial charge is 0.224 e. The van der Waals surface area contributed by atoms with E-state index in [1.54, 1.807) is 18.3 Å². The van der Waals surface area contributed by atoms with Gasteiger partial charge in [0.05, 0.1) is 0 Å². The minimum Gasteiger partial charge on any atom is -0.286 e. The van der Waals surface area contributed by atoms with Crippen LogP contribution in [0.3, 0.4) is 0 Å². The number of hydrogen-bond acceptors (Lipinski definition) is 5. The molecule has 0 aliphatic rings. The van der Waals surface area contributed by atoms with Crippen molar-refractivity contribution in [3.8, 4) is 11.4 Å². The number of carbonyl (C=O) groups is 1. The molecule has 0 unspecified atom stereocenters. The van der Waals surface area contributed by atoms with Crippen molar-refractivity contribution in [1.82, 2.24) is 14.3 Å². The Morgan fingerprint density at radius 3 is 2.63 bits per heavy atom. The van der Waals surface area contributed by atoms with Crippen LogP contribution in [0.2, 0.25) is 0 Å². The Balaban J connectivity index is 1.92. The Labute approximate surface area is 114 Å². The molecule has 5 heteroatoms. The molecule has 0 saturated heterocycles. The summed E-state index contributed by atoms with van der Waals surface area (Å²) in [5.41, 5.74) is 1.43. The molecule has 92 valence electrons. The number of hydrogen-bond donors (Lipinski definition) is 0. The van der Waals surface area contributed by atoms with Crippen LogP contribution in [0, 0.1) is 0 Å². The monoisotopic (exact) mass is 267 g/mol. The Morgan fingerprint density at radius 2 is 1.89 bits per heavy atom. The highest BCUT2D eigenvalue weighted by Crippen LogP contribution is 2.19.